The van der Waals surface area contributed by atoms with Gasteiger partial charge in [0.1, 0.15) is 18.8 Å². The van der Waals surface area contributed by atoms with Crippen LogP contribution in [0.1, 0.15) is 10.4 Å². The minimum absolute atomic E-state index is 0.151. The van der Waals surface area contributed by atoms with E-state index >= 15 is 0 Å². The maximum Gasteiger partial charge on any atom is 0.338 e. The Kier molecular flexibility index (Phi) is 5.76. The number of amides is 1. The van der Waals surface area contributed by atoms with Crippen molar-refractivity contribution in [2.75, 3.05) is 27.0 Å². The summed E-state index contributed by atoms with van der Waals surface area (Å²) in [7, 11) is 1.40. The number of methoxy groups -OCH3 is 1. The summed E-state index contributed by atoms with van der Waals surface area (Å²) in [5, 5.41) is 23.2. The molecule has 9 nitrogen and oxygen atoms in total. The first-order valence-corrected chi connectivity index (χ1v) is 8.44. The Morgan fingerprint density at radius 1 is 1.41 bits per heavy atom. The zero-order valence-electron chi connectivity index (χ0n) is 14.8. The number of nitrogens with one attached hydrogen (secondary N) is 1. The number of hydrogen-bond acceptors (Lipinski definition) is 8. The van der Waals surface area contributed by atoms with Crippen molar-refractivity contribution in [3.05, 3.63) is 48.2 Å². The van der Waals surface area contributed by atoms with E-state index in [9.17, 15) is 19.8 Å². The standard InChI is InChI=1S/C18H22N2O7/c1-25-14-15(23)18(9-21,10-26-17(24)12-5-3-2-4-6-12)27-16(14)20-8-7-13(22)19-11-20/h2-8,14-16,21,23H,9-11H2,1H3,(H,19,22). The van der Waals surface area contributed by atoms with Gasteiger partial charge >= 0.3 is 5.97 Å². The molecule has 9 heteroatoms. The van der Waals surface area contributed by atoms with Crippen molar-refractivity contribution in [2.24, 2.45) is 0 Å². The third-order valence-corrected chi connectivity index (χ3v) is 4.66. The first-order chi connectivity index (χ1) is 13.0. The number of hydrogen-bond donors (Lipinski definition) is 3. The van der Waals surface area contributed by atoms with Crippen LogP contribution in [0.2, 0.25) is 0 Å². The van der Waals surface area contributed by atoms with Crippen molar-refractivity contribution in [3.63, 3.8) is 0 Å². The fourth-order valence-electron chi connectivity index (χ4n) is 3.09. The lowest BCUT2D eigenvalue weighted by Crippen LogP contribution is -2.50. The first-order valence-electron chi connectivity index (χ1n) is 8.44. The second-order valence-electron chi connectivity index (χ2n) is 6.35. The number of benzene rings is 1. The maximum atomic E-state index is 12.2. The van der Waals surface area contributed by atoms with E-state index in [0.29, 0.717) is 5.56 Å². The highest BCUT2D eigenvalue weighted by molar-refractivity contribution is 5.89. The Hall–Kier alpha value is -2.46. The van der Waals surface area contributed by atoms with Crippen molar-refractivity contribution < 1.29 is 34.0 Å². The molecule has 146 valence electrons. The molecule has 0 radical (unpaired) electrons. The second-order valence-corrected chi connectivity index (χ2v) is 6.35. The van der Waals surface area contributed by atoms with Crippen LogP contribution in [-0.2, 0) is 19.0 Å². The molecule has 0 aliphatic carbocycles. The Morgan fingerprint density at radius 3 is 2.74 bits per heavy atom. The molecule has 0 spiro atoms. The van der Waals surface area contributed by atoms with Crippen molar-refractivity contribution >= 4 is 11.9 Å². The van der Waals surface area contributed by atoms with Gasteiger partial charge < -0.3 is 34.6 Å². The molecule has 2 aliphatic rings. The van der Waals surface area contributed by atoms with Gasteiger partial charge in [-0.1, -0.05) is 18.2 Å². The van der Waals surface area contributed by atoms with Crippen LogP contribution in [0.5, 0.6) is 0 Å². The summed E-state index contributed by atoms with van der Waals surface area (Å²) in [6.07, 6.45) is -0.0322. The van der Waals surface area contributed by atoms with Gasteiger partial charge in [0.2, 0.25) is 5.91 Å². The number of nitrogens with zero attached hydrogens (tertiary/aromatic N) is 1. The molecule has 1 amide bonds. The van der Waals surface area contributed by atoms with E-state index < -0.39 is 36.6 Å². The van der Waals surface area contributed by atoms with Gasteiger partial charge in [-0.15, -0.1) is 0 Å². The topological polar surface area (TPSA) is 118 Å². The van der Waals surface area contributed by atoms with Crippen molar-refractivity contribution in [1.29, 1.82) is 0 Å². The fourth-order valence-corrected chi connectivity index (χ4v) is 3.09. The molecule has 4 atom stereocenters. The molecule has 1 saturated heterocycles. The monoisotopic (exact) mass is 378 g/mol. The van der Waals surface area contributed by atoms with Crippen LogP contribution in [0, 0.1) is 0 Å². The van der Waals surface area contributed by atoms with Crippen molar-refractivity contribution in [2.45, 2.75) is 24.0 Å². The average Bonchev–Trinajstić information content (AvgIpc) is 2.99. The molecule has 1 aromatic carbocycles. The lowest BCUT2D eigenvalue weighted by Gasteiger charge is -2.33. The molecule has 2 aliphatic heterocycles. The van der Waals surface area contributed by atoms with Crippen LogP contribution in [0.25, 0.3) is 0 Å². The third kappa shape index (κ3) is 3.81. The van der Waals surface area contributed by atoms with Crippen molar-refractivity contribution in [3.8, 4) is 0 Å². The highest BCUT2D eigenvalue weighted by Gasteiger charge is 2.57. The summed E-state index contributed by atoms with van der Waals surface area (Å²) in [6, 6.07) is 8.37. The molecule has 0 bridgehead atoms. The average molecular weight is 378 g/mol. The molecular weight excluding hydrogens is 356 g/mol. The van der Waals surface area contributed by atoms with Crippen LogP contribution in [-0.4, -0.2) is 78.0 Å². The number of rotatable bonds is 6. The predicted molar refractivity (Wildman–Crippen MR) is 92.2 cm³/mol. The molecule has 0 aromatic heterocycles. The summed E-state index contributed by atoms with van der Waals surface area (Å²) in [6.45, 7) is -0.799. The van der Waals surface area contributed by atoms with Crippen LogP contribution < -0.4 is 5.32 Å². The lowest BCUT2D eigenvalue weighted by atomic mass is 9.96. The van der Waals surface area contributed by atoms with E-state index in [4.69, 9.17) is 14.2 Å². The third-order valence-electron chi connectivity index (χ3n) is 4.66. The number of ether oxygens (including phenoxy) is 3. The summed E-state index contributed by atoms with van der Waals surface area (Å²) < 4.78 is 16.5. The van der Waals surface area contributed by atoms with Gasteiger partial charge in [0.25, 0.3) is 0 Å². The zero-order valence-corrected chi connectivity index (χ0v) is 14.8. The van der Waals surface area contributed by atoms with Gasteiger partial charge in [-0.05, 0) is 12.1 Å². The predicted octanol–water partition coefficient (Wildman–Crippen LogP) is -0.790. The summed E-state index contributed by atoms with van der Waals surface area (Å²) >= 11 is 0. The van der Waals surface area contributed by atoms with Gasteiger partial charge in [0.05, 0.1) is 18.8 Å². The normalized spacial score (nSPS) is 30.3. The SMILES string of the molecule is COC1C(N2C=CC(=O)NC2)OC(CO)(COC(=O)c2ccccc2)C1O. The quantitative estimate of drug-likeness (QED) is 0.552. The van der Waals surface area contributed by atoms with Gasteiger partial charge in [0.15, 0.2) is 11.8 Å². The minimum atomic E-state index is -1.55. The highest BCUT2D eigenvalue weighted by atomic mass is 16.6. The second kappa shape index (κ2) is 8.05. The van der Waals surface area contributed by atoms with Crippen LogP contribution in [0.15, 0.2) is 42.6 Å². The van der Waals surface area contributed by atoms with Gasteiger partial charge in [-0.2, -0.15) is 0 Å². The molecule has 2 heterocycles. The lowest BCUT2D eigenvalue weighted by molar-refractivity contribution is -0.162. The molecule has 1 fully saturated rings. The van der Waals surface area contributed by atoms with Gasteiger partial charge in [-0.3, -0.25) is 4.79 Å². The van der Waals surface area contributed by atoms with Gasteiger partial charge in [0, 0.05) is 19.4 Å². The number of esters is 1. The van der Waals surface area contributed by atoms with Crippen molar-refractivity contribution in [1.82, 2.24) is 10.2 Å². The van der Waals surface area contributed by atoms with Crippen LogP contribution in [0.4, 0.5) is 0 Å². The Balaban J connectivity index is 1.74. The molecule has 0 saturated carbocycles. The first kappa shape index (κ1) is 19.3. The minimum Gasteiger partial charge on any atom is -0.459 e. The Morgan fingerprint density at radius 2 is 2.15 bits per heavy atom. The van der Waals surface area contributed by atoms with E-state index in [-0.39, 0.29) is 19.2 Å². The molecule has 3 N–H and O–H groups in total. The highest BCUT2D eigenvalue weighted by Crippen LogP contribution is 2.35. The maximum absolute atomic E-state index is 12.2. The Labute approximate surface area is 156 Å². The number of aliphatic hydroxyl groups is 2. The van der Waals surface area contributed by atoms with E-state index in [1.54, 1.807) is 35.2 Å². The number of aliphatic hydroxyl groups excluding tert-OH is 2. The Bertz CT molecular complexity index is 711. The molecular formula is C18H22N2O7. The zero-order chi connectivity index (χ0) is 19.4. The van der Waals surface area contributed by atoms with E-state index in [1.165, 1.54) is 19.4 Å². The van der Waals surface area contributed by atoms with E-state index in [0.717, 1.165) is 0 Å². The molecule has 3 rings (SSSR count). The van der Waals surface area contributed by atoms with Gasteiger partial charge in [-0.25, -0.2) is 4.79 Å². The van der Waals surface area contributed by atoms with Crippen LogP contribution >= 0.6 is 0 Å². The number of carbonyl (C=O) groups excluding carboxylic acids is 2. The largest absolute Gasteiger partial charge is 0.459 e. The number of carbonyl (C=O) groups is 2. The smallest absolute Gasteiger partial charge is 0.338 e. The van der Waals surface area contributed by atoms with E-state index in [1.807, 2.05) is 0 Å². The summed E-state index contributed by atoms with van der Waals surface area (Å²) in [4.78, 5) is 25.1. The molecule has 1 aromatic rings. The summed E-state index contributed by atoms with van der Waals surface area (Å²) in [5.41, 5.74) is -1.20. The fraction of sp³-hybridized carbons (Fsp3) is 0.444. The van der Waals surface area contributed by atoms with Crippen LogP contribution in [0.3, 0.4) is 0 Å². The van der Waals surface area contributed by atoms with E-state index in [2.05, 4.69) is 5.32 Å². The summed E-state index contributed by atoms with van der Waals surface area (Å²) in [5.74, 6) is -0.842. The molecule has 27 heavy (non-hydrogen) atoms. The molecule has 4 unspecified atom stereocenters.